The molecule has 2 N–H and O–H groups in total. The van der Waals surface area contributed by atoms with Gasteiger partial charge in [-0.15, -0.1) is 0 Å². The normalized spacial score (nSPS) is 10.1. The smallest absolute Gasteiger partial charge is 0.306 e. The lowest BCUT2D eigenvalue weighted by Gasteiger charge is -2.08. The first-order valence-electron chi connectivity index (χ1n) is 5.25. The molecule has 0 fully saturated rings. The summed E-state index contributed by atoms with van der Waals surface area (Å²) in [6, 6.07) is 4.99. The Hall–Kier alpha value is -1.55. The fraction of sp³-hybridized carbons (Fsp3) is 0.417. The van der Waals surface area contributed by atoms with Gasteiger partial charge in [0.05, 0.1) is 13.2 Å². The molecule has 16 heavy (non-hydrogen) atoms. The summed E-state index contributed by atoms with van der Waals surface area (Å²) in [5.41, 5.74) is 1.25. The minimum absolute atomic E-state index is 0.0591. The van der Waals surface area contributed by atoms with Crippen molar-refractivity contribution in [3.63, 3.8) is 0 Å². The van der Waals surface area contributed by atoms with Crippen LogP contribution in [0.4, 0.5) is 0 Å². The van der Waals surface area contributed by atoms with E-state index in [0.29, 0.717) is 18.6 Å². The van der Waals surface area contributed by atoms with Gasteiger partial charge in [-0.25, -0.2) is 0 Å². The van der Waals surface area contributed by atoms with E-state index >= 15 is 0 Å². The highest BCUT2D eigenvalue weighted by Crippen LogP contribution is 2.22. The summed E-state index contributed by atoms with van der Waals surface area (Å²) in [7, 11) is 0. The standard InChI is InChI=1S/C12H16O4/c1-2-16-12(15)7-6-9-4-3-5-11(14)10(9)8-13/h3-5,13-14H,2,6-8H2,1H3. The fourth-order valence-corrected chi connectivity index (χ4v) is 1.51. The first-order valence-corrected chi connectivity index (χ1v) is 5.25. The lowest BCUT2D eigenvalue weighted by Crippen LogP contribution is -2.06. The van der Waals surface area contributed by atoms with E-state index in [9.17, 15) is 9.90 Å². The van der Waals surface area contributed by atoms with Gasteiger partial charge in [0.2, 0.25) is 0 Å². The zero-order chi connectivity index (χ0) is 12.0. The van der Waals surface area contributed by atoms with Crippen LogP contribution in [0.25, 0.3) is 0 Å². The number of aliphatic hydroxyl groups excluding tert-OH is 1. The van der Waals surface area contributed by atoms with Crippen molar-refractivity contribution < 1.29 is 19.7 Å². The fourth-order valence-electron chi connectivity index (χ4n) is 1.51. The van der Waals surface area contributed by atoms with Crippen molar-refractivity contribution in [2.24, 2.45) is 0 Å². The summed E-state index contributed by atoms with van der Waals surface area (Å²) >= 11 is 0. The highest BCUT2D eigenvalue weighted by atomic mass is 16.5. The van der Waals surface area contributed by atoms with Crippen LogP contribution >= 0.6 is 0 Å². The van der Waals surface area contributed by atoms with E-state index < -0.39 is 0 Å². The number of rotatable bonds is 5. The molecule has 0 aliphatic rings. The predicted octanol–water partition coefficient (Wildman–Crippen LogP) is 1.38. The van der Waals surface area contributed by atoms with Crippen LogP contribution in [-0.4, -0.2) is 22.8 Å². The van der Waals surface area contributed by atoms with E-state index in [2.05, 4.69) is 0 Å². The molecule has 0 unspecified atom stereocenters. The molecule has 0 aliphatic carbocycles. The van der Waals surface area contributed by atoms with Gasteiger partial charge in [0, 0.05) is 12.0 Å². The molecule has 0 bridgehead atoms. The lowest BCUT2D eigenvalue weighted by molar-refractivity contribution is -0.143. The van der Waals surface area contributed by atoms with Crippen LogP contribution in [0.2, 0.25) is 0 Å². The van der Waals surface area contributed by atoms with Crippen LogP contribution in [0.5, 0.6) is 5.75 Å². The monoisotopic (exact) mass is 224 g/mol. The number of carbonyl (C=O) groups excluding carboxylic acids is 1. The summed E-state index contributed by atoms with van der Waals surface area (Å²) in [5.74, 6) is -0.210. The third-order valence-corrected chi connectivity index (χ3v) is 2.31. The average molecular weight is 224 g/mol. The number of ether oxygens (including phenoxy) is 1. The third-order valence-electron chi connectivity index (χ3n) is 2.31. The molecule has 4 heteroatoms. The van der Waals surface area contributed by atoms with E-state index in [1.807, 2.05) is 0 Å². The number of carbonyl (C=O) groups is 1. The molecule has 0 atom stereocenters. The largest absolute Gasteiger partial charge is 0.508 e. The minimum Gasteiger partial charge on any atom is -0.508 e. The molecule has 0 spiro atoms. The van der Waals surface area contributed by atoms with Crippen molar-refractivity contribution in [1.29, 1.82) is 0 Å². The SMILES string of the molecule is CCOC(=O)CCc1cccc(O)c1CO. The number of phenols is 1. The number of esters is 1. The van der Waals surface area contributed by atoms with Crippen molar-refractivity contribution in [1.82, 2.24) is 0 Å². The second-order valence-corrected chi connectivity index (χ2v) is 3.38. The number of hydrogen-bond acceptors (Lipinski definition) is 4. The van der Waals surface area contributed by atoms with Crippen LogP contribution in [0.15, 0.2) is 18.2 Å². The molecule has 0 aromatic heterocycles. The topological polar surface area (TPSA) is 66.8 Å². The lowest BCUT2D eigenvalue weighted by atomic mass is 10.0. The molecule has 0 radical (unpaired) electrons. The number of aliphatic hydroxyl groups is 1. The van der Waals surface area contributed by atoms with Crippen LogP contribution < -0.4 is 0 Å². The molecule has 0 saturated carbocycles. The molecule has 1 rings (SSSR count). The Labute approximate surface area is 94.5 Å². The molecule has 4 nitrogen and oxygen atoms in total. The maximum absolute atomic E-state index is 11.2. The number of hydrogen-bond donors (Lipinski definition) is 2. The summed E-state index contributed by atoms with van der Waals surface area (Å²) < 4.78 is 4.80. The van der Waals surface area contributed by atoms with Crippen molar-refractivity contribution in [2.75, 3.05) is 6.61 Å². The van der Waals surface area contributed by atoms with Crippen molar-refractivity contribution in [2.45, 2.75) is 26.4 Å². The Morgan fingerprint density at radius 3 is 2.81 bits per heavy atom. The molecule has 0 heterocycles. The quantitative estimate of drug-likeness (QED) is 0.741. The van der Waals surface area contributed by atoms with E-state index in [0.717, 1.165) is 5.56 Å². The van der Waals surface area contributed by atoms with Gasteiger partial charge in [0.25, 0.3) is 0 Å². The second kappa shape index (κ2) is 6.12. The van der Waals surface area contributed by atoms with E-state index in [1.165, 1.54) is 6.07 Å². The molecule has 1 aromatic rings. The van der Waals surface area contributed by atoms with Gasteiger partial charge < -0.3 is 14.9 Å². The maximum Gasteiger partial charge on any atom is 0.306 e. The summed E-state index contributed by atoms with van der Waals surface area (Å²) in [6.45, 7) is 1.89. The molecule has 0 saturated heterocycles. The molecular weight excluding hydrogens is 208 g/mol. The average Bonchev–Trinajstić information content (AvgIpc) is 2.27. The third kappa shape index (κ3) is 3.24. The molecule has 88 valence electrons. The molecule has 0 amide bonds. The summed E-state index contributed by atoms with van der Waals surface area (Å²) in [4.78, 5) is 11.2. The predicted molar refractivity (Wildman–Crippen MR) is 59.0 cm³/mol. The van der Waals surface area contributed by atoms with E-state index in [4.69, 9.17) is 9.84 Å². The summed E-state index contributed by atoms with van der Waals surface area (Å²) in [6.07, 6.45) is 0.716. The highest BCUT2D eigenvalue weighted by molar-refractivity contribution is 5.69. The van der Waals surface area contributed by atoms with E-state index in [1.54, 1.807) is 19.1 Å². The van der Waals surface area contributed by atoms with Crippen molar-refractivity contribution in [3.8, 4) is 5.75 Å². The number of benzene rings is 1. The van der Waals surface area contributed by atoms with Gasteiger partial charge in [0.1, 0.15) is 5.75 Å². The Bertz CT molecular complexity index is 360. The Kier molecular flexibility index (Phi) is 4.79. The molecule has 1 aromatic carbocycles. The molecular formula is C12H16O4. The van der Waals surface area contributed by atoms with Crippen molar-refractivity contribution in [3.05, 3.63) is 29.3 Å². The van der Waals surface area contributed by atoms with Gasteiger partial charge in [-0.1, -0.05) is 12.1 Å². The van der Waals surface area contributed by atoms with Gasteiger partial charge in [0.15, 0.2) is 0 Å². The molecule has 0 aliphatic heterocycles. The Balaban J connectivity index is 2.66. The van der Waals surface area contributed by atoms with Crippen LogP contribution in [0, 0.1) is 0 Å². The van der Waals surface area contributed by atoms with Gasteiger partial charge >= 0.3 is 5.97 Å². The zero-order valence-corrected chi connectivity index (χ0v) is 9.27. The van der Waals surface area contributed by atoms with Crippen LogP contribution in [-0.2, 0) is 22.6 Å². The van der Waals surface area contributed by atoms with Gasteiger partial charge in [-0.05, 0) is 25.0 Å². The maximum atomic E-state index is 11.2. The first-order chi connectivity index (χ1) is 7.69. The van der Waals surface area contributed by atoms with Gasteiger partial charge in [-0.2, -0.15) is 0 Å². The summed E-state index contributed by atoms with van der Waals surface area (Å²) in [5, 5.41) is 18.6. The number of aryl methyl sites for hydroxylation is 1. The van der Waals surface area contributed by atoms with E-state index in [-0.39, 0.29) is 24.7 Å². The van der Waals surface area contributed by atoms with Crippen molar-refractivity contribution >= 4 is 5.97 Å². The highest BCUT2D eigenvalue weighted by Gasteiger charge is 2.09. The van der Waals surface area contributed by atoms with Crippen LogP contribution in [0.3, 0.4) is 0 Å². The van der Waals surface area contributed by atoms with Gasteiger partial charge in [-0.3, -0.25) is 4.79 Å². The second-order valence-electron chi connectivity index (χ2n) is 3.38. The van der Waals surface area contributed by atoms with Crippen LogP contribution in [0.1, 0.15) is 24.5 Å². The number of aromatic hydroxyl groups is 1. The minimum atomic E-state index is -0.269. The Morgan fingerprint density at radius 1 is 1.44 bits per heavy atom. The Morgan fingerprint density at radius 2 is 2.19 bits per heavy atom. The first kappa shape index (κ1) is 12.5. The zero-order valence-electron chi connectivity index (χ0n) is 9.27.